The maximum atomic E-state index is 15.8. The van der Waals surface area contributed by atoms with Gasteiger partial charge in [0.2, 0.25) is 5.91 Å². The first-order valence-corrected chi connectivity index (χ1v) is 11.5. The van der Waals surface area contributed by atoms with Crippen LogP contribution in [0.15, 0.2) is 48.5 Å². The molecule has 174 valence electrons. The molecule has 0 radical (unpaired) electrons. The predicted molar refractivity (Wildman–Crippen MR) is 129 cm³/mol. The molecule has 33 heavy (non-hydrogen) atoms. The summed E-state index contributed by atoms with van der Waals surface area (Å²) in [6.07, 6.45) is 1.97. The molecule has 0 aliphatic heterocycles. The molecule has 0 fully saturated rings. The van der Waals surface area contributed by atoms with Crippen LogP contribution in [0, 0.1) is 18.6 Å². The molecule has 0 heterocycles. The van der Waals surface area contributed by atoms with Gasteiger partial charge in [-0.2, -0.15) is 0 Å². The number of carbonyl (C=O) groups is 1. The minimum Gasteiger partial charge on any atom is -0.491 e. The van der Waals surface area contributed by atoms with Crippen LogP contribution in [-0.2, 0) is 6.42 Å². The van der Waals surface area contributed by atoms with Crippen molar-refractivity contribution in [3.8, 4) is 16.9 Å². The molecule has 0 spiro atoms. The minimum atomic E-state index is -0.829. The molecular weight excluding hydrogens is 444 g/mol. The molecule has 0 aromatic heterocycles. The van der Waals surface area contributed by atoms with Gasteiger partial charge in [-0.25, -0.2) is 8.78 Å². The van der Waals surface area contributed by atoms with E-state index >= 15 is 4.39 Å². The third-order valence-corrected chi connectivity index (χ3v) is 6.22. The fourth-order valence-electron chi connectivity index (χ4n) is 4.11. The number of ether oxygens (including phenoxy) is 1. The molecular formula is C27H28ClF2NO2. The van der Waals surface area contributed by atoms with E-state index in [-0.39, 0.29) is 33.4 Å². The molecule has 0 saturated carbocycles. The van der Waals surface area contributed by atoms with Crippen molar-refractivity contribution >= 4 is 17.5 Å². The molecule has 0 aliphatic carbocycles. The Hall–Kier alpha value is -2.92. The lowest BCUT2D eigenvalue weighted by molar-refractivity contribution is 0.100. The van der Waals surface area contributed by atoms with Crippen LogP contribution >= 0.6 is 11.6 Å². The molecule has 0 bridgehead atoms. The first kappa shape index (κ1) is 24.7. The Kier molecular flexibility index (Phi) is 8.09. The van der Waals surface area contributed by atoms with Crippen molar-refractivity contribution in [1.29, 1.82) is 0 Å². The maximum absolute atomic E-state index is 15.8. The van der Waals surface area contributed by atoms with Gasteiger partial charge in [-0.15, -0.1) is 0 Å². The molecule has 2 N–H and O–H groups in total. The summed E-state index contributed by atoms with van der Waals surface area (Å²) in [6, 6.07) is 14.0. The molecule has 0 saturated heterocycles. The van der Waals surface area contributed by atoms with E-state index in [0.29, 0.717) is 30.6 Å². The van der Waals surface area contributed by atoms with Gasteiger partial charge in [0.15, 0.2) is 11.6 Å². The van der Waals surface area contributed by atoms with Gasteiger partial charge >= 0.3 is 0 Å². The average Bonchev–Trinajstić information content (AvgIpc) is 2.80. The summed E-state index contributed by atoms with van der Waals surface area (Å²) >= 11 is 6.45. The van der Waals surface area contributed by atoms with Crippen LogP contribution in [0.25, 0.3) is 11.1 Å². The van der Waals surface area contributed by atoms with Gasteiger partial charge in [-0.3, -0.25) is 4.79 Å². The number of aryl methyl sites for hydroxylation is 1. The maximum Gasteiger partial charge on any atom is 0.249 e. The Morgan fingerprint density at radius 1 is 1.09 bits per heavy atom. The van der Waals surface area contributed by atoms with Crippen molar-refractivity contribution < 1.29 is 18.3 Å². The minimum absolute atomic E-state index is 0.0316. The van der Waals surface area contributed by atoms with Crippen LogP contribution in [0.2, 0.25) is 5.02 Å². The summed E-state index contributed by atoms with van der Waals surface area (Å²) in [7, 11) is 0. The number of halogens is 3. The Labute approximate surface area is 198 Å². The number of hydrogen-bond acceptors (Lipinski definition) is 2. The number of nitrogens with two attached hydrogens (primary N) is 1. The van der Waals surface area contributed by atoms with Gasteiger partial charge in [-0.1, -0.05) is 55.8 Å². The Morgan fingerprint density at radius 3 is 2.39 bits per heavy atom. The highest BCUT2D eigenvalue weighted by Crippen LogP contribution is 2.43. The Balaban J connectivity index is 2.28. The molecule has 3 aromatic rings. The van der Waals surface area contributed by atoms with Crippen LogP contribution in [0.5, 0.6) is 5.75 Å². The smallest absolute Gasteiger partial charge is 0.249 e. The van der Waals surface area contributed by atoms with Crippen LogP contribution in [-0.4, -0.2) is 12.5 Å². The Bertz CT molecular complexity index is 1150. The summed E-state index contributed by atoms with van der Waals surface area (Å²) < 4.78 is 36.1. The highest BCUT2D eigenvalue weighted by molar-refractivity contribution is 6.34. The van der Waals surface area contributed by atoms with Crippen molar-refractivity contribution in [2.45, 2.75) is 46.0 Å². The van der Waals surface area contributed by atoms with E-state index in [0.717, 1.165) is 12.0 Å². The molecule has 1 atom stereocenters. The van der Waals surface area contributed by atoms with Gasteiger partial charge in [0.1, 0.15) is 5.82 Å². The normalized spacial score (nSPS) is 11.9. The van der Waals surface area contributed by atoms with Gasteiger partial charge in [-0.05, 0) is 67.0 Å². The van der Waals surface area contributed by atoms with Crippen molar-refractivity contribution in [3.63, 3.8) is 0 Å². The number of hydrogen-bond donors (Lipinski definition) is 1. The second kappa shape index (κ2) is 10.8. The molecule has 3 nitrogen and oxygen atoms in total. The third kappa shape index (κ3) is 5.19. The first-order chi connectivity index (χ1) is 15.8. The second-order valence-electron chi connectivity index (χ2n) is 8.08. The van der Waals surface area contributed by atoms with Gasteiger partial charge in [0, 0.05) is 11.1 Å². The lowest BCUT2D eigenvalue weighted by Crippen LogP contribution is -2.15. The molecule has 3 rings (SSSR count). The topological polar surface area (TPSA) is 52.3 Å². The first-order valence-electron chi connectivity index (χ1n) is 11.1. The van der Waals surface area contributed by atoms with Crippen LogP contribution in [0.4, 0.5) is 8.78 Å². The Morgan fingerprint density at radius 2 is 1.79 bits per heavy atom. The number of rotatable bonds is 9. The second-order valence-corrected chi connectivity index (χ2v) is 8.45. The fraction of sp³-hybridized carbons (Fsp3) is 0.296. The number of amides is 1. The van der Waals surface area contributed by atoms with E-state index < -0.39 is 17.5 Å². The summed E-state index contributed by atoms with van der Waals surface area (Å²) in [6.45, 7) is 6.01. The van der Waals surface area contributed by atoms with Crippen molar-refractivity contribution in [1.82, 2.24) is 0 Å². The summed E-state index contributed by atoms with van der Waals surface area (Å²) in [5.41, 5.74) is 7.94. The summed E-state index contributed by atoms with van der Waals surface area (Å²) in [5, 5.41) is -0.243. The van der Waals surface area contributed by atoms with E-state index in [1.54, 1.807) is 6.92 Å². The van der Waals surface area contributed by atoms with E-state index in [9.17, 15) is 9.18 Å². The van der Waals surface area contributed by atoms with Crippen LogP contribution in [0.1, 0.15) is 59.7 Å². The summed E-state index contributed by atoms with van der Waals surface area (Å²) in [4.78, 5) is 12.2. The molecule has 3 aromatic carbocycles. The quantitative estimate of drug-likeness (QED) is 0.358. The summed E-state index contributed by atoms with van der Waals surface area (Å²) in [5.74, 6) is -2.23. The SMILES string of the molecule is CCCOc1ccc(C(N)=O)c(-c2c(Cl)c(F)cc(C)c2CC(CC)c2ccccc2)c1F. The lowest BCUT2D eigenvalue weighted by atomic mass is 9.83. The third-order valence-electron chi connectivity index (χ3n) is 5.85. The molecule has 6 heteroatoms. The molecule has 0 aliphatic rings. The van der Waals surface area contributed by atoms with E-state index in [2.05, 4.69) is 6.92 Å². The highest BCUT2D eigenvalue weighted by Gasteiger charge is 2.27. The zero-order chi connectivity index (χ0) is 24.1. The number of primary amides is 1. The lowest BCUT2D eigenvalue weighted by Gasteiger charge is -2.23. The number of carbonyl (C=O) groups excluding carboxylic acids is 1. The van der Waals surface area contributed by atoms with Gasteiger partial charge in [0.25, 0.3) is 0 Å². The highest BCUT2D eigenvalue weighted by atomic mass is 35.5. The van der Waals surface area contributed by atoms with E-state index in [1.807, 2.05) is 37.3 Å². The number of benzene rings is 3. The fourth-order valence-corrected chi connectivity index (χ4v) is 4.38. The zero-order valence-corrected chi connectivity index (χ0v) is 19.8. The van der Waals surface area contributed by atoms with Crippen molar-refractivity contribution in [2.75, 3.05) is 6.61 Å². The van der Waals surface area contributed by atoms with Crippen molar-refractivity contribution in [3.05, 3.63) is 87.4 Å². The van der Waals surface area contributed by atoms with E-state index in [1.165, 1.54) is 18.2 Å². The van der Waals surface area contributed by atoms with E-state index in [4.69, 9.17) is 22.1 Å². The molecule has 1 unspecified atom stereocenters. The average molecular weight is 472 g/mol. The molecule has 1 amide bonds. The largest absolute Gasteiger partial charge is 0.491 e. The van der Waals surface area contributed by atoms with Crippen molar-refractivity contribution in [2.24, 2.45) is 5.73 Å². The van der Waals surface area contributed by atoms with Crippen LogP contribution < -0.4 is 10.5 Å². The van der Waals surface area contributed by atoms with Gasteiger partial charge in [0.05, 0.1) is 17.2 Å². The van der Waals surface area contributed by atoms with Gasteiger partial charge < -0.3 is 10.5 Å². The standard InChI is InChI=1S/C27H28ClF2NO2/c1-4-13-33-22-12-11-19(27(31)32)24(26(22)30)23-20(16(3)14-21(29)25(23)28)15-17(5-2)18-9-7-6-8-10-18/h6-12,14,17H,4-5,13,15H2,1-3H3,(H2,31,32). The zero-order valence-electron chi connectivity index (χ0n) is 19.1. The van der Waals surface area contributed by atoms with Crippen LogP contribution in [0.3, 0.4) is 0 Å². The predicted octanol–water partition coefficient (Wildman–Crippen LogP) is 7.22. The monoisotopic (exact) mass is 471 g/mol.